The second kappa shape index (κ2) is 7.94. The summed E-state index contributed by atoms with van der Waals surface area (Å²) in [6.07, 6.45) is 0.872. The Labute approximate surface area is 156 Å². The van der Waals surface area contributed by atoms with Crippen LogP contribution in [-0.4, -0.2) is 81.6 Å². The first-order chi connectivity index (χ1) is 12.4. The molecule has 2 aliphatic rings. The number of amides is 1. The molecule has 0 aromatic heterocycles. The number of hydrogen-bond donors (Lipinski definition) is 1. The highest BCUT2D eigenvalue weighted by atomic mass is 32.2. The summed E-state index contributed by atoms with van der Waals surface area (Å²) in [5.41, 5.74) is 2.30. The standard InChI is InChI=1S/C18H28N4O3S/c1-15-4-3-5-16(12-15)21-8-10-22(11-9-21)26(24,25)14-18(23)20(2)17-6-7-19-13-17/h3-5,12,17,19H,6-11,13-14H2,1-2H3. The molecule has 2 heterocycles. The summed E-state index contributed by atoms with van der Waals surface area (Å²) in [6.45, 7) is 5.76. The van der Waals surface area contributed by atoms with Gasteiger partial charge in [-0.1, -0.05) is 12.1 Å². The van der Waals surface area contributed by atoms with Crippen LogP contribution in [0.4, 0.5) is 5.69 Å². The van der Waals surface area contributed by atoms with Gasteiger partial charge in [0.05, 0.1) is 0 Å². The molecule has 3 rings (SSSR count). The van der Waals surface area contributed by atoms with Crippen molar-refractivity contribution in [3.63, 3.8) is 0 Å². The lowest BCUT2D eigenvalue weighted by Crippen LogP contribution is -2.51. The molecular weight excluding hydrogens is 352 g/mol. The van der Waals surface area contributed by atoms with E-state index in [1.165, 1.54) is 9.87 Å². The average Bonchev–Trinajstić information content (AvgIpc) is 3.15. The number of aryl methyl sites for hydroxylation is 1. The van der Waals surface area contributed by atoms with E-state index in [0.29, 0.717) is 26.2 Å². The summed E-state index contributed by atoms with van der Waals surface area (Å²) in [5, 5.41) is 3.20. The Kier molecular flexibility index (Phi) is 5.84. The third-order valence-corrected chi connectivity index (χ3v) is 7.04. The molecule has 0 saturated carbocycles. The average molecular weight is 381 g/mol. The SMILES string of the molecule is Cc1cccc(N2CCN(S(=O)(=O)CC(=O)N(C)C3CCNC3)CC2)c1. The van der Waals surface area contributed by atoms with Crippen molar-refractivity contribution in [2.45, 2.75) is 19.4 Å². The van der Waals surface area contributed by atoms with Crippen LogP contribution in [-0.2, 0) is 14.8 Å². The molecule has 1 atom stereocenters. The van der Waals surface area contributed by atoms with Crippen LogP contribution in [0.2, 0.25) is 0 Å². The van der Waals surface area contributed by atoms with Gasteiger partial charge in [0.25, 0.3) is 0 Å². The fourth-order valence-electron chi connectivity index (χ4n) is 3.57. The van der Waals surface area contributed by atoms with Crippen molar-refractivity contribution >= 4 is 21.6 Å². The molecule has 2 saturated heterocycles. The van der Waals surface area contributed by atoms with Crippen LogP contribution in [0.1, 0.15) is 12.0 Å². The molecule has 8 heteroatoms. The Hall–Kier alpha value is -1.64. The van der Waals surface area contributed by atoms with Crippen molar-refractivity contribution in [2.75, 3.05) is 57.0 Å². The van der Waals surface area contributed by atoms with Crippen LogP contribution in [0, 0.1) is 6.92 Å². The Morgan fingerprint density at radius 2 is 2.00 bits per heavy atom. The molecule has 2 aliphatic heterocycles. The van der Waals surface area contributed by atoms with Crippen LogP contribution in [0.5, 0.6) is 0 Å². The number of likely N-dealkylation sites (N-methyl/N-ethyl adjacent to an activating group) is 1. The second-order valence-electron chi connectivity index (χ2n) is 7.13. The fraction of sp³-hybridized carbons (Fsp3) is 0.611. The van der Waals surface area contributed by atoms with E-state index in [1.807, 2.05) is 25.1 Å². The van der Waals surface area contributed by atoms with Gasteiger partial charge < -0.3 is 15.1 Å². The van der Waals surface area contributed by atoms with Crippen LogP contribution in [0.25, 0.3) is 0 Å². The van der Waals surface area contributed by atoms with Crippen molar-refractivity contribution in [3.8, 4) is 0 Å². The van der Waals surface area contributed by atoms with Crippen molar-refractivity contribution in [1.82, 2.24) is 14.5 Å². The predicted octanol–water partition coefficient (Wildman–Crippen LogP) is 0.267. The van der Waals surface area contributed by atoms with Gasteiger partial charge in [0.1, 0.15) is 5.75 Å². The summed E-state index contributed by atoms with van der Waals surface area (Å²) in [5.74, 6) is -0.760. The lowest BCUT2D eigenvalue weighted by atomic mass is 10.2. The van der Waals surface area contributed by atoms with Gasteiger partial charge in [-0.05, 0) is 37.6 Å². The highest BCUT2D eigenvalue weighted by Gasteiger charge is 2.32. The molecule has 26 heavy (non-hydrogen) atoms. The zero-order chi connectivity index (χ0) is 18.7. The molecule has 0 spiro atoms. The number of rotatable bonds is 5. The van der Waals surface area contributed by atoms with Gasteiger partial charge in [-0.3, -0.25) is 4.79 Å². The molecule has 0 bridgehead atoms. The Morgan fingerprint density at radius 1 is 1.27 bits per heavy atom. The normalized spacial score (nSPS) is 21.8. The number of benzene rings is 1. The molecule has 144 valence electrons. The monoisotopic (exact) mass is 380 g/mol. The van der Waals surface area contributed by atoms with Gasteiger partial charge >= 0.3 is 0 Å². The first kappa shape index (κ1) is 19.1. The van der Waals surface area contributed by atoms with Crippen LogP contribution in [0.15, 0.2) is 24.3 Å². The lowest BCUT2D eigenvalue weighted by molar-refractivity contribution is -0.128. The molecule has 1 aromatic carbocycles. The maximum atomic E-state index is 12.7. The number of nitrogens with one attached hydrogen (secondary N) is 1. The Balaban J connectivity index is 1.56. The zero-order valence-corrected chi connectivity index (χ0v) is 16.3. The molecule has 2 fully saturated rings. The van der Waals surface area contributed by atoms with Crippen molar-refractivity contribution in [3.05, 3.63) is 29.8 Å². The number of anilines is 1. The number of piperazine rings is 1. The lowest BCUT2D eigenvalue weighted by Gasteiger charge is -2.35. The highest BCUT2D eigenvalue weighted by molar-refractivity contribution is 7.89. The summed E-state index contributed by atoms with van der Waals surface area (Å²) in [6, 6.07) is 8.31. The van der Waals surface area contributed by atoms with Crippen molar-refractivity contribution in [1.29, 1.82) is 0 Å². The van der Waals surface area contributed by atoms with Crippen LogP contribution in [0.3, 0.4) is 0 Å². The number of nitrogens with zero attached hydrogens (tertiary/aromatic N) is 3. The Bertz CT molecular complexity index is 739. The van der Waals surface area contributed by atoms with Gasteiger partial charge in [-0.15, -0.1) is 0 Å². The molecule has 1 N–H and O–H groups in total. The maximum absolute atomic E-state index is 12.7. The summed E-state index contributed by atoms with van der Waals surface area (Å²) >= 11 is 0. The minimum Gasteiger partial charge on any atom is -0.369 e. The summed E-state index contributed by atoms with van der Waals surface area (Å²) < 4.78 is 26.8. The van der Waals surface area contributed by atoms with Crippen LogP contribution < -0.4 is 10.2 Å². The van der Waals surface area contributed by atoms with Gasteiger partial charge in [-0.2, -0.15) is 4.31 Å². The smallest absolute Gasteiger partial charge is 0.239 e. The van der Waals surface area contributed by atoms with Gasteiger partial charge in [0.15, 0.2) is 0 Å². The zero-order valence-electron chi connectivity index (χ0n) is 15.5. The van der Waals surface area contributed by atoms with Crippen molar-refractivity contribution < 1.29 is 13.2 Å². The molecule has 1 aromatic rings. The van der Waals surface area contributed by atoms with Gasteiger partial charge in [0.2, 0.25) is 15.9 Å². The number of carbonyl (C=O) groups is 1. The van der Waals surface area contributed by atoms with E-state index in [-0.39, 0.29) is 11.9 Å². The highest BCUT2D eigenvalue weighted by Crippen LogP contribution is 2.19. The largest absolute Gasteiger partial charge is 0.369 e. The minimum absolute atomic E-state index is 0.0934. The maximum Gasteiger partial charge on any atom is 0.239 e. The van der Waals surface area contributed by atoms with E-state index in [1.54, 1.807) is 11.9 Å². The summed E-state index contributed by atoms with van der Waals surface area (Å²) in [7, 11) is -1.88. The molecule has 7 nitrogen and oxygen atoms in total. The molecular formula is C18H28N4O3S. The van der Waals surface area contributed by atoms with Gasteiger partial charge in [-0.25, -0.2) is 8.42 Å². The number of sulfonamides is 1. The van der Waals surface area contributed by atoms with E-state index in [9.17, 15) is 13.2 Å². The van der Waals surface area contributed by atoms with E-state index >= 15 is 0 Å². The fourth-order valence-corrected chi connectivity index (χ4v) is 4.99. The molecule has 0 aliphatic carbocycles. The first-order valence-electron chi connectivity index (χ1n) is 9.12. The first-order valence-corrected chi connectivity index (χ1v) is 10.7. The molecule has 1 unspecified atom stereocenters. The third-order valence-electron chi connectivity index (χ3n) is 5.28. The number of carbonyl (C=O) groups excluding carboxylic acids is 1. The minimum atomic E-state index is -3.58. The predicted molar refractivity (Wildman–Crippen MR) is 103 cm³/mol. The number of hydrogen-bond acceptors (Lipinski definition) is 5. The van der Waals surface area contributed by atoms with Crippen LogP contribution >= 0.6 is 0 Å². The van der Waals surface area contributed by atoms with Gasteiger partial charge in [0, 0.05) is 51.5 Å². The quantitative estimate of drug-likeness (QED) is 0.794. The van der Waals surface area contributed by atoms with E-state index in [0.717, 1.165) is 25.2 Å². The van der Waals surface area contributed by atoms with E-state index in [4.69, 9.17) is 0 Å². The van der Waals surface area contributed by atoms with E-state index in [2.05, 4.69) is 16.3 Å². The molecule has 1 amide bonds. The Morgan fingerprint density at radius 3 is 2.62 bits per heavy atom. The third kappa shape index (κ3) is 4.36. The second-order valence-corrected chi connectivity index (χ2v) is 9.10. The topological polar surface area (TPSA) is 73.0 Å². The molecule has 0 radical (unpaired) electrons. The van der Waals surface area contributed by atoms with E-state index < -0.39 is 15.8 Å². The summed E-state index contributed by atoms with van der Waals surface area (Å²) in [4.78, 5) is 16.2. The van der Waals surface area contributed by atoms with Crippen molar-refractivity contribution in [2.24, 2.45) is 0 Å².